The number of rotatable bonds is 0. The first kappa shape index (κ1) is 10.7. The lowest BCUT2D eigenvalue weighted by Crippen LogP contribution is -2.15. The van der Waals surface area contributed by atoms with Gasteiger partial charge in [0.05, 0.1) is 5.69 Å². The topological polar surface area (TPSA) is 58.4 Å². The second kappa shape index (κ2) is 3.77. The van der Waals surface area contributed by atoms with Crippen LogP contribution in [-0.4, -0.2) is 20.9 Å². The van der Waals surface area contributed by atoms with Gasteiger partial charge < -0.3 is 5.21 Å². The maximum Gasteiger partial charge on any atom is 0.142 e. The molecule has 5 heteroatoms. The molecule has 0 spiro atoms. The SMILES string of the molecule is Cc1sc2nc3c(nc2c1C)/C(=N/O)CCC3. The van der Waals surface area contributed by atoms with Crippen LogP contribution in [0.2, 0.25) is 0 Å². The van der Waals surface area contributed by atoms with Crippen molar-refractivity contribution in [3.63, 3.8) is 0 Å². The van der Waals surface area contributed by atoms with Crippen LogP contribution < -0.4 is 0 Å². The minimum absolute atomic E-state index is 0.670. The molecule has 0 saturated carbocycles. The smallest absolute Gasteiger partial charge is 0.142 e. The Balaban J connectivity index is 2.33. The molecule has 1 aliphatic carbocycles. The zero-order valence-electron chi connectivity index (χ0n) is 9.82. The Labute approximate surface area is 103 Å². The van der Waals surface area contributed by atoms with Gasteiger partial charge in [-0.15, -0.1) is 11.3 Å². The van der Waals surface area contributed by atoms with Gasteiger partial charge in [0, 0.05) is 4.88 Å². The summed E-state index contributed by atoms with van der Waals surface area (Å²) in [6.45, 7) is 4.15. The summed E-state index contributed by atoms with van der Waals surface area (Å²) in [4.78, 5) is 11.6. The molecule has 1 N–H and O–H groups in total. The highest BCUT2D eigenvalue weighted by Crippen LogP contribution is 2.30. The van der Waals surface area contributed by atoms with Crippen LogP contribution in [0, 0.1) is 13.8 Å². The summed E-state index contributed by atoms with van der Waals surface area (Å²) in [6.07, 6.45) is 2.69. The number of oxime groups is 1. The van der Waals surface area contributed by atoms with Gasteiger partial charge in [0.15, 0.2) is 0 Å². The molecule has 2 aromatic heterocycles. The van der Waals surface area contributed by atoms with Crippen molar-refractivity contribution in [3.8, 4) is 0 Å². The van der Waals surface area contributed by atoms with E-state index in [1.54, 1.807) is 11.3 Å². The summed E-state index contributed by atoms with van der Waals surface area (Å²) in [6, 6.07) is 0. The van der Waals surface area contributed by atoms with Crippen LogP contribution >= 0.6 is 11.3 Å². The molecule has 0 radical (unpaired) electrons. The average Bonchev–Trinajstić information content (AvgIpc) is 2.62. The van der Waals surface area contributed by atoms with Crippen molar-refractivity contribution >= 4 is 27.4 Å². The number of aryl methyl sites for hydroxylation is 3. The molecule has 0 saturated heterocycles. The Morgan fingerprint density at radius 1 is 1.24 bits per heavy atom. The Morgan fingerprint density at radius 2 is 2.06 bits per heavy atom. The molecule has 3 rings (SSSR count). The maximum atomic E-state index is 9.01. The Hall–Kier alpha value is -1.49. The van der Waals surface area contributed by atoms with E-state index >= 15 is 0 Å². The summed E-state index contributed by atoms with van der Waals surface area (Å²) in [5.74, 6) is 0. The minimum atomic E-state index is 0.670. The summed E-state index contributed by atoms with van der Waals surface area (Å²) >= 11 is 1.68. The van der Waals surface area contributed by atoms with E-state index in [2.05, 4.69) is 29.0 Å². The van der Waals surface area contributed by atoms with Crippen LogP contribution in [0.25, 0.3) is 10.3 Å². The standard InChI is InChI=1S/C12H13N3OS/c1-6-7(2)17-12-10(6)14-11-8(13-12)4-3-5-9(11)15-16/h16H,3-5H2,1-2H3/b15-9+. The van der Waals surface area contributed by atoms with Crippen LogP contribution in [0.15, 0.2) is 5.16 Å². The first-order chi connectivity index (χ1) is 8.20. The highest BCUT2D eigenvalue weighted by atomic mass is 32.1. The molecule has 88 valence electrons. The zero-order chi connectivity index (χ0) is 12.0. The van der Waals surface area contributed by atoms with Gasteiger partial charge in [-0.3, -0.25) is 0 Å². The fourth-order valence-electron chi connectivity index (χ4n) is 2.20. The number of fused-ring (bicyclic) bond motifs is 2. The first-order valence-electron chi connectivity index (χ1n) is 5.68. The van der Waals surface area contributed by atoms with Gasteiger partial charge in [-0.05, 0) is 38.7 Å². The lowest BCUT2D eigenvalue weighted by molar-refractivity contribution is 0.317. The van der Waals surface area contributed by atoms with E-state index in [9.17, 15) is 0 Å². The molecule has 1 aliphatic rings. The molecule has 0 bridgehead atoms. The van der Waals surface area contributed by atoms with Crippen molar-refractivity contribution in [1.29, 1.82) is 0 Å². The van der Waals surface area contributed by atoms with E-state index in [0.717, 1.165) is 41.0 Å². The number of hydrogen-bond donors (Lipinski definition) is 1. The number of aromatic nitrogens is 2. The predicted molar refractivity (Wildman–Crippen MR) is 68.2 cm³/mol. The third kappa shape index (κ3) is 1.53. The summed E-state index contributed by atoms with van der Waals surface area (Å²) in [5.41, 5.74) is 4.56. The van der Waals surface area contributed by atoms with Crippen LogP contribution in [0.4, 0.5) is 0 Å². The summed E-state index contributed by atoms with van der Waals surface area (Å²) in [5, 5.41) is 12.4. The minimum Gasteiger partial charge on any atom is -0.411 e. The molecule has 0 unspecified atom stereocenters. The third-order valence-corrected chi connectivity index (χ3v) is 4.38. The molecule has 0 aliphatic heterocycles. The highest BCUT2D eigenvalue weighted by molar-refractivity contribution is 7.18. The lowest BCUT2D eigenvalue weighted by atomic mass is 9.98. The number of hydrogen-bond acceptors (Lipinski definition) is 5. The van der Waals surface area contributed by atoms with E-state index in [1.165, 1.54) is 10.4 Å². The van der Waals surface area contributed by atoms with E-state index in [4.69, 9.17) is 5.21 Å². The van der Waals surface area contributed by atoms with E-state index in [0.29, 0.717) is 5.71 Å². The summed E-state index contributed by atoms with van der Waals surface area (Å²) < 4.78 is 0. The highest BCUT2D eigenvalue weighted by Gasteiger charge is 2.21. The van der Waals surface area contributed by atoms with Gasteiger partial charge >= 0.3 is 0 Å². The molecule has 17 heavy (non-hydrogen) atoms. The maximum absolute atomic E-state index is 9.01. The molecule has 0 atom stereocenters. The van der Waals surface area contributed by atoms with Crippen LogP contribution in [0.3, 0.4) is 0 Å². The van der Waals surface area contributed by atoms with E-state index in [1.807, 2.05) is 0 Å². The largest absolute Gasteiger partial charge is 0.411 e. The first-order valence-corrected chi connectivity index (χ1v) is 6.50. The Kier molecular flexibility index (Phi) is 2.36. The molecule has 0 fully saturated rings. The van der Waals surface area contributed by atoms with Gasteiger partial charge in [0.25, 0.3) is 0 Å². The quantitative estimate of drug-likeness (QED) is 0.575. The number of thiophene rings is 1. The monoisotopic (exact) mass is 247 g/mol. The second-order valence-corrected chi connectivity index (χ2v) is 5.56. The average molecular weight is 247 g/mol. The second-order valence-electron chi connectivity index (χ2n) is 4.36. The molecular formula is C12H13N3OS. The number of nitrogens with zero attached hydrogens (tertiary/aromatic N) is 3. The molecule has 2 aromatic rings. The van der Waals surface area contributed by atoms with E-state index < -0.39 is 0 Å². The predicted octanol–water partition coefficient (Wildman–Crippen LogP) is 2.82. The summed E-state index contributed by atoms with van der Waals surface area (Å²) in [7, 11) is 0. The van der Waals surface area contributed by atoms with Gasteiger partial charge in [0.2, 0.25) is 0 Å². The van der Waals surface area contributed by atoms with Crippen molar-refractivity contribution in [3.05, 3.63) is 21.8 Å². The lowest BCUT2D eigenvalue weighted by Gasteiger charge is -2.14. The fourth-order valence-corrected chi connectivity index (χ4v) is 3.19. The Bertz CT molecular complexity index is 630. The molecular weight excluding hydrogens is 234 g/mol. The van der Waals surface area contributed by atoms with Gasteiger partial charge in [-0.2, -0.15) is 0 Å². The molecule has 2 heterocycles. The van der Waals surface area contributed by atoms with Gasteiger partial charge in [-0.25, -0.2) is 9.97 Å². The van der Waals surface area contributed by atoms with E-state index in [-0.39, 0.29) is 0 Å². The third-order valence-electron chi connectivity index (χ3n) is 3.29. The van der Waals surface area contributed by atoms with Crippen molar-refractivity contribution in [1.82, 2.24) is 9.97 Å². The van der Waals surface area contributed by atoms with Crippen molar-refractivity contribution in [2.45, 2.75) is 33.1 Å². The van der Waals surface area contributed by atoms with Crippen molar-refractivity contribution in [2.75, 3.05) is 0 Å². The normalized spacial score (nSPS) is 17.6. The van der Waals surface area contributed by atoms with Crippen molar-refractivity contribution < 1.29 is 5.21 Å². The Morgan fingerprint density at radius 3 is 2.82 bits per heavy atom. The van der Waals surface area contributed by atoms with Gasteiger partial charge in [-0.1, -0.05) is 5.16 Å². The molecule has 0 aromatic carbocycles. The molecule has 4 nitrogen and oxygen atoms in total. The molecule has 0 amide bonds. The van der Waals surface area contributed by atoms with Crippen molar-refractivity contribution in [2.24, 2.45) is 5.16 Å². The van der Waals surface area contributed by atoms with Gasteiger partial charge in [0.1, 0.15) is 21.8 Å². The van der Waals surface area contributed by atoms with Crippen LogP contribution in [-0.2, 0) is 6.42 Å². The fraction of sp³-hybridized carbons (Fsp3) is 0.417. The van der Waals surface area contributed by atoms with Crippen LogP contribution in [0.1, 0.15) is 34.7 Å². The van der Waals surface area contributed by atoms with Crippen LogP contribution in [0.5, 0.6) is 0 Å². The zero-order valence-corrected chi connectivity index (χ0v) is 10.6.